The van der Waals surface area contributed by atoms with Crippen molar-refractivity contribution in [3.8, 4) is 11.5 Å². The number of fused-ring (bicyclic) bond motifs is 1. The minimum absolute atomic E-state index is 0.0885. The Morgan fingerprint density at radius 2 is 2.13 bits per heavy atom. The van der Waals surface area contributed by atoms with Gasteiger partial charge in [-0.25, -0.2) is 0 Å². The highest BCUT2D eigenvalue weighted by Gasteiger charge is 2.31. The van der Waals surface area contributed by atoms with Crippen molar-refractivity contribution in [1.29, 1.82) is 0 Å². The van der Waals surface area contributed by atoms with Gasteiger partial charge in [-0.3, -0.25) is 4.98 Å². The van der Waals surface area contributed by atoms with E-state index in [4.69, 9.17) is 9.47 Å². The molecule has 0 aliphatic carbocycles. The van der Waals surface area contributed by atoms with E-state index in [1.54, 1.807) is 7.11 Å². The lowest BCUT2D eigenvalue weighted by atomic mass is 9.92. The van der Waals surface area contributed by atoms with Crippen LogP contribution in [0, 0.1) is 5.92 Å². The van der Waals surface area contributed by atoms with Crippen molar-refractivity contribution in [3.63, 3.8) is 0 Å². The van der Waals surface area contributed by atoms with E-state index in [1.165, 1.54) is 6.20 Å². The summed E-state index contributed by atoms with van der Waals surface area (Å²) in [5.74, 6) is 1.49. The van der Waals surface area contributed by atoms with Gasteiger partial charge in [0.2, 0.25) is 0 Å². The van der Waals surface area contributed by atoms with Crippen LogP contribution in [0.2, 0.25) is 0 Å². The van der Waals surface area contributed by atoms with Gasteiger partial charge in [-0.15, -0.1) is 0 Å². The largest absolute Gasteiger partial charge is 0.493 e. The quantitative estimate of drug-likeness (QED) is 0.858. The predicted octanol–water partition coefficient (Wildman–Crippen LogP) is 3.90. The predicted molar refractivity (Wildman–Crippen MR) is 78.6 cm³/mol. The Hall–Kier alpha value is -2.24. The molecule has 0 saturated heterocycles. The highest BCUT2D eigenvalue weighted by molar-refractivity contribution is 5.47. The molecule has 1 aliphatic heterocycles. The number of nitrogens with zero attached hydrogens (tertiary/aromatic N) is 1. The molecule has 1 atom stereocenters. The van der Waals surface area contributed by atoms with Crippen LogP contribution in [0.1, 0.15) is 16.8 Å². The molecule has 122 valence electrons. The first kappa shape index (κ1) is 15.6. The molecule has 3 nitrogen and oxygen atoms in total. The second-order valence-corrected chi connectivity index (χ2v) is 5.57. The van der Waals surface area contributed by atoms with Crippen molar-refractivity contribution in [2.24, 2.45) is 5.92 Å². The van der Waals surface area contributed by atoms with Crippen LogP contribution in [-0.4, -0.2) is 18.7 Å². The molecule has 0 amide bonds. The van der Waals surface area contributed by atoms with Crippen molar-refractivity contribution in [2.75, 3.05) is 13.7 Å². The summed E-state index contributed by atoms with van der Waals surface area (Å²) < 4.78 is 49.3. The number of para-hydroxylation sites is 1. The normalized spacial score (nSPS) is 17.3. The smallest absolute Gasteiger partial charge is 0.416 e. The number of hydrogen-bond donors (Lipinski definition) is 0. The second kappa shape index (κ2) is 6.10. The third-order valence-electron chi connectivity index (χ3n) is 3.89. The molecule has 1 aliphatic rings. The number of halogens is 3. The summed E-state index contributed by atoms with van der Waals surface area (Å²) in [6.45, 7) is 0.436. The molecule has 2 aromatic rings. The summed E-state index contributed by atoms with van der Waals surface area (Å²) in [5.41, 5.74) is 0.772. The van der Waals surface area contributed by atoms with Crippen molar-refractivity contribution < 1.29 is 22.6 Å². The van der Waals surface area contributed by atoms with Gasteiger partial charge in [0.25, 0.3) is 0 Å². The van der Waals surface area contributed by atoms with E-state index in [2.05, 4.69) is 4.98 Å². The molecule has 0 spiro atoms. The molecule has 6 heteroatoms. The topological polar surface area (TPSA) is 31.4 Å². The average Bonchev–Trinajstić information content (AvgIpc) is 2.53. The van der Waals surface area contributed by atoms with Crippen molar-refractivity contribution >= 4 is 0 Å². The Morgan fingerprint density at radius 1 is 1.30 bits per heavy atom. The van der Waals surface area contributed by atoms with E-state index in [0.717, 1.165) is 29.9 Å². The maximum absolute atomic E-state index is 12.8. The molecular formula is C17H16F3NO2. The molecular weight excluding hydrogens is 307 g/mol. The van der Waals surface area contributed by atoms with E-state index >= 15 is 0 Å². The molecule has 1 aromatic carbocycles. The van der Waals surface area contributed by atoms with E-state index in [0.29, 0.717) is 24.5 Å². The Morgan fingerprint density at radius 3 is 2.87 bits per heavy atom. The average molecular weight is 323 g/mol. The van der Waals surface area contributed by atoms with Crippen LogP contribution < -0.4 is 9.47 Å². The molecule has 0 N–H and O–H groups in total. The van der Waals surface area contributed by atoms with Gasteiger partial charge < -0.3 is 9.47 Å². The Kier molecular flexibility index (Phi) is 4.15. The van der Waals surface area contributed by atoms with Gasteiger partial charge in [0.15, 0.2) is 11.5 Å². The van der Waals surface area contributed by atoms with E-state index < -0.39 is 11.7 Å². The number of pyridine rings is 1. The van der Waals surface area contributed by atoms with Gasteiger partial charge in [-0.2, -0.15) is 13.2 Å². The number of hydrogen-bond acceptors (Lipinski definition) is 3. The third-order valence-corrected chi connectivity index (χ3v) is 3.89. The zero-order valence-electron chi connectivity index (χ0n) is 12.6. The maximum Gasteiger partial charge on any atom is 0.416 e. The number of rotatable bonds is 3. The Bertz CT molecular complexity index is 700. The first-order chi connectivity index (χ1) is 11.0. The fourth-order valence-corrected chi connectivity index (χ4v) is 2.81. The first-order valence-electron chi connectivity index (χ1n) is 7.28. The van der Waals surface area contributed by atoms with Crippen LogP contribution in [0.15, 0.2) is 36.5 Å². The van der Waals surface area contributed by atoms with Crippen molar-refractivity contribution in [1.82, 2.24) is 4.98 Å². The molecule has 0 unspecified atom stereocenters. The summed E-state index contributed by atoms with van der Waals surface area (Å²) in [4.78, 5) is 4.06. The summed E-state index contributed by atoms with van der Waals surface area (Å²) in [7, 11) is 1.58. The van der Waals surface area contributed by atoms with Gasteiger partial charge in [0.1, 0.15) is 0 Å². The van der Waals surface area contributed by atoms with Crippen LogP contribution in [0.5, 0.6) is 11.5 Å². The monoisotopic (exact) mass is 323 g/mol. The molecule has 1 aromatic heterocycles. The Labute approximate surface area is 132 Å². The fraction of sp³-hybridized carbons (Fsp3) is 0.353. The fourth-order valence-electron chi connectivity index (χ4n) is 2.81. The van der Waals surface area contributed by atoms with Gasteiger partial charge in [0, 0.05) is 17.8 Å². The lowest BCUT2D eigenvalue weighted by Crippen LogP contribution is -2.23. The van der Waals surface area contributed by atoms with Gasteiger partial charge in [-0.1, -0.05) is 12.1 Å². The van der Waals surface area contributed by atoms with E-state index in [1.807, 2.05) is 18.2 Å². The Balaban J connectivity index is 1.75. The standard InChI is InChI=1S/C17H16F3NO2/c1-22-15-4-2-3-12-7-11(10-23-16(12)15)8-14-9-13(5-6-21-14)17(18,19)20/h2-6,9,11H,7-8,10H2,1H3/t11-/m0/s1. The molecule has 0 saturated carbocycles. The summed E-state index contributed by atoms with van der Waals surface area (Å²) in [6, 6.07) is 7.76. The van der Waals surface area contributed by atoms with Gasteiger partial charge in [-0.05, 0) is 36.6 Å². The number of benzene rings is 1. The number of alkyl halides is 3. The first-order valence-corrected chi connectivity index (χ1v) is 7.28. The molecule has 3 rings (SSSR count). The summed E-state index contributed by atoms with van der Waals surface area (Å²) in [5, 5.41) is 0. The van der Waals surface area contributed by atoms with Gasteiger partial charge >= 0.3 is 6.18 Å². The number of aromatic nitrogens is 1. The summed E-state index contributed by atoms with van der Waals surface area (Å²) >= 11 is 0. The second-order valence-electron chi connectivity index (χ2n) is 5.57. The molecule has 2 heterocycles. The van der Waals surface area contributed by atoms with E-state index in [9.17, 15) is 13.2 Å². The maximum atomic E-state index is 12.8. The number of methoxy groups -OCH3 is 1. The summed E-state index contributed by atoms with van der Waals surface area (Å²) in [6.07, 6.45) is -1.97. The van der Waals surface area contributed by atoms with Crippen molar-refractivity contribution in [2.45, 2.75) is 19.0 Å². The highest BCUT2D eigenvalue weighted by atomic mass is 19.4. The number of ether oxygens (including phenoxy) is 2. The molecule has 23 heavy (non-hydrogen) atoms. The van der Waals surface area contributed by atoms with Crippen LogP contribution >= 0.6 is 0 Å². The zero-order chi connectivity index (χ0) is 16.4. The zero-order valence-corrected chi connectivity index (χ0v) is 12.6. The lowest BCUT2D eigenvalue weighted by Gasteiger charge is -2.26. The highest BCUT2D eigenvalue weighted by Crippen LogP contribution is 2.37. The lowest BCUT2D eigenvalue weighted by molar-refractivity contribution is -0.137. The minimum atomic E-state index is -4.35. The van der Waals surface area contributed by atoms with E-state index in [-0.39, 0.29) is 5.92 Å². The third kappa shape index (κ3) is 3.41. The van der Waals surface area contributed by atoms with Crippen LogP contribution in [0.3, 0.4) is 0 Å². The molecule has 0 radical (unpaired) electrons. The van der Waals surface area contributed by atoms with Crippen LogP contribution in [0.4, 0.5) is 13.2 Å². The molecule has 0 bridgehead atoms. The molecule has 0 fully saturated rings. The SMILES string of the molecule is COc1cccc2c1OC[C@H](Cc1cc(C(F)(F)F)ccn1)C2. The van der Waals surface area contributed by atoms with Crippen LogP contribution in [-0.2, 0) is 19.0 Å². The van der Waals surface area contributed by atoms with Crippen molar-refractivity contribution in [3.05, 3.63) is 53.3 Å². The van der Waals surface area contributed by atoms with Gasteiger partial charge in [0.05, 0.1) is 19.3 Å². The van der Waals surface area contributed by atoms with Crippen LogP contribution in [0.25, 0.3) is 0 Å². The minimum Gasteiger partial charge on any atom is -0.493 e.